The summed E-state index contributed by atoms with van der Waals surface area (Å²) in [5.74, 6) is 0.00942. The van der Waals surface area contributed by atoms with E-state index in [0.717, 1.165) is 18.4 Å². The molecule has 1 aromatic rings. The van der Waals surface area contributed by atoms with Gasteiger partial charge in [0.25, 0.3) is 0 Å². The van der Waals surface area contributed by atoms with Gasteiger partial charge in [0.05, 0.1) is 6.04 Å². The molecule has 0 aliphatic carbocycles. The molecule has 1 aliphatic rings. The number of nitrogens with zero attached hydrogens (tertiary/aromatic N) is 1. The number of nitrogens with one attached hydrogen (secondary N) is 2. The first-order valence-corrected chi connectivity index (χ1v) is 8.36. The third kappa shape index (κ3) is 5.13. The van der Waals surface area contributed by atoms with Crippen molar-refractivity contribution in [3.05, 3.63) is 29.8 Å². The van der Waals surface area contributed by atoms with E-state index >= 15 is 0 Å². The zero-order valence-corrected chi connectivity index (χ0v) is 14.0. The standard InChI is InChI=1S/C17H26N4O3/c1-2-19-17(24)21-9-7-13(8-10-21)20-16(23)15(18)11-12-3-5-14(22)6-4-12/h3-6,13,15,22H,2,7-11,18H2,1H3,(H,19,24)(H,20,23)/t15-/m0/s1. The normalized spacial score (nSPS) is 16.5. The maximum atomic E-state index is 12.2. The van der Waals surface area contributed by atoms with Crippen LogP contribution in [0.1, 0.15) is 25.3 Å². The van der Waals surface area contributed by atoms with Crippen molar-refractivity contribution >= 4 is 11.9 Å². The molecular formula is C17H26N4O3. The minimum atomic E-state index is -0.629. The quantitative estimate of drug-likeness (QED) is 0.631. The summed E-state index contributed by atoms with van der Waals surface area (Å²) in [5, 5.41) is 15.0. The van der Waals surface area contributed by atoms with Crippen LogP contribution in [0.15, 0.2) is 24.3 Å². The number of carbonyl (C=O) groups is 2. The molecule has 0 saturated carbocycles. The van der Waals surface area contributed by atoms with Crippen LogP contribution in [0.2, 0.25) is 0 Å². The summed E-state index contributed by atoms with van der Waals surface area (Å²) in [6.45, 7) is 3.76. The number of phenolic OH excluding ortho intramolecular Hbond substituents is 1. The van der Waals surface area contributed by atoms with Crippen molar-refractivity contribution < 1.29 is 14.7 Å². The van der Waals surface area contributed by atoms with Crippen molar-refractivity contribution in [3.8, 4) is 5.75 Å². The highest BCUT2D eigenvalue weighted by Crippen LogP contribution is 2.13. The SMILES string of the molecule is CCNC(=O)N1CCC(NC(=O)[C@@H](N)Cc2ccc(O)cc2)CC1. The van der Waals surface area contributed by atoms with Crippen LogP contribution in [0.4, 0.5) is 4.79 Å². The van der Waals surface area contributed by atoms with E-state index in [2.05, 4.69) is 10.6 Å². The van der Waals surface area contributed by atoms with Gasteiger partial charge >= 0.3 is 6.03 Å². The van der Waals surface area contributed by atoms with E-state index < -0.39 is 6.04 Å². The summed E-state index contributed by atoms with van der Waals surface area (Å²) >= 11 is 0. The molecule has 0 bridgehead atoms. The molecule has 7 nitrogen and oxygen atoms in total. The van der Waals surface area contributed by atoms with Crippen LogP contribution >= 0.6 is 0 Å². The van der Waals surface area contributed by atoms with Crippen molar-refractivity contribution in [3.63, 3.8) is 0 Å². The summed E-state index contributed by atoms with van der Waals surface area (Å²) in [6.07, 6.45) is 1.88. The van der Waals surface area contributed by atoms with E-state index in [1.54, 1.807) is 29.2 Å². The number of piperidine rings is 1. The lowest BCUT2D eigenvalue weighted by Gasteiger charge is -2.32. The van der Waals surface area contributed by atoms with Crippen molar-refractivity contribution in [2.75, 3.05) is 19.6 Å². The fourth-order valence-electron chi connectivity index (χ4n) is 2.78. The van der Waals surface area contributed by atoms with Gasteiger partial charge in [-0.2, -0.15) is 0 Å². The van der Waals surface area contributed by atoms with Crippen LogP contribution in [0.3, 0.4) is 0 Å². The summed E-state index contributed by atoms with van der Waals surface area (Å²) in [6, 6.07) is 6.05. The molecule has 2 rings (SSSR count). The minimum absolute atomic E-state index is 0.0497. The van der Waals surface area contributed by atoms with Gasteiger partial charge in [-0.25, -0.2) is 4.79 Å². The lowest BCUT2D eigenvalue weighted by molar-refractivity contribution is -0.123. The smallest absolute Gasteiger partial charge is 0.317 e. The Morgan fingerprint density at radius 3 is 2.50 bits per heavy atom. The Hall–Kier alpha value is -2.28. The molecule has 0 aromatic heterocycles. The van der Waals surface area contributed by atoms with Gasteiger partial charge in [-0.05, 0) is 43.9 Å². The number of benzene rings is 1. The predicted octanol–water partition coefficient (Wildman–Crippen LogP) is 0.572. The van der Waals surface area contributed by atoms with E-state index in [9.17, 15) is 14.7 Å². The molecule has 132 valence electrons. The number of nitrogens with two attached hydrogens (primary N) is 1. The highest BCUT2D eigenvalue weighted by Gasteiger charge is 2.25. The van der Waals surface area contributed by atoms with Crippen LogP contribution in [-0.4, -0.2) is 53.7 Å². The number of urea groups is 1. The van der Waals surface area contributed by atoms with Crippen molar-refractivity contribution in [2.24, 2.45) is 5.73 Å². The van der Waals surface area contributed by atoms with Crippen LogP contribution in [0, 0.1) is 0 Å². The first-order chi connectivity index (χ1) is 11.5. The molecule has 1 saturated heterocycles. The molecule has 24 heavy (non-hydrogen) atoms. The summed E-state index contributed by atoms with van der Waals surface area (Å²) in [4.78, 5) is 25.7. The van der Waals surface area contributed by atoms with Gasteiger partial charge in [0, 0.05) is 25.7 Å². The molecule has 3 amide bonds. The highest BCUT2D eigenvalue weighted by molar-refractivity contribution is 5.82. The van der Waals surface area contributed by atoms with Crippen molar-refractivity contribution in [1.82, 2.24) is 15.5 Å². The number of aromatic hydroxyl groups is 1. The second-order valence-corrected chi connectivity index (χ2v) is 6.08. The fourth-order valence-corrected chi connectivity index (χ4v) is 2.78. The van der Waals surface area contributed by atoms with Gasteiger partial charge in [-0.15, -0.1) is 0 Å². The third-order valence-corrected chi connectivity index (χ3v) is 4.19. The molecule has 7 heteroatoms. The van der Waals surface area contributed by atoms with Crippen LogP contribution < -0.4 is 16.4 Å². The van der Waals surface area contributed by atoms with Gasteiger partial charge < -0.3 is 26.4 Å². The molecular weight excluding hydrogens is 308 g/mol. The first kappa shape index (κ1) is 18.1. The lowest BCUT2D eigenvalue weighted by Crippen LogP contribution is -2.52. The maximum absolute atomic E-state index is 12.2. The summed E-state index contributed by atoms with van der Waals surface area (Å²) in [5.41, 5.74) is 6.87. The Morgan fingerprint density at radius 2 is 1.92 bits per heavy atom. The molecule has 0 unspecified atom stereocenters. The Morgan fingerprint density at radius 1 is 1.29 bits per heavy atom. The number of hydrogen-bond donors (Lipinski definition) is 4. The van der Waals surface area contributed by atoms with E-state index in [-0.39, 0.29) is 23.7 Å². The number of carbonyl (C=O) groups excluding carboxylic acids is 2. The molecule has 1 fully saturated rings. The topological polar surface area (TPSA) is 108 Å². The predicted molar refractivity (Wildman–Crippen MR) is 91.6 cm³/mol. The van der Waals surface area contributed by atoms with Crippen molar-refractivity contribution in [2.45, 2.75) is 38.3 Å². The first-order valence-electron chi connectivity index (χ1n) is 8.36. The Bertz CT molecular complexity index is 553. The van der Waals surface area contributed by atoms with E-state index in [0.29, 0.717) is 26.1 Å². The monoisotopic (exact) mass is 334 g/mol. The van der Waals surface area contributed by atoms with Crippen LogP contribution in [0.25, 0.3) is 0 Å². The highest BCUT2D eigenvalue weighted by atomic mass is 16.3. The van der Waals surface area contributed by atoms with E-state index in [1.165, 1.54) is 0 Å². The number of likely N-dealkylation sites (tertiary alicyclic amines) is 1. The second kappa shape index (κ2) is 8.54. The zero-order chi connectivity index (χ0) is 17.5. The minimum Gasteiger partial charge on any atom is -0.508 e. The fraction of sp³-hybridized carbons (Fsp3) is 0.529. The number of amides is 3. The molecule has 5 N–H and O–H groups in total. The molecule has 1 heterocycles. The maximum Gasteiger partial charge on any atom is 0.317 e. The molecule has 1 aromatic carbocycles. The Kier molecular flexibility index (Phi) is 6.43. The molecule has 1 atom stereocenters. The molecule has 0 spiro atoms. The number of phenols is 1. The molecule has 0 radical (unpaired) electrons. The van der Waals surface area contributed by atoms with Gasteiger partial charge in [0.2, 0.25) is 5.91 Å². The van der Waals surface area contributed by atoms with Gasteiger partial charge in [0.1, 0.15) is 5.75 Å². The van der Waals surface area contributed by atoms with Crippen LogP contribution in [0.5, 0.6) is 5.75 Å². The second-order valence-electron chi connectivity index (χ2n) is 6.08. The summed E-state index contributed by atoms with van der Waals surface area (Å²) in [7, 11) is 0. The van der Waals surface area contributed by atoms with Gasteiger partial charge in [-0.3, -0.25) is 4.79 Å². The Labute approximate surface area is 142 Å². The van der Waals surface area contributed by atoms with Crippen LogP contribution in [-0.2, 0) is 11.2 Å². The lowest BCUT2D eigenvalue weighted by atomic mass is 10.0. The van der Waals surface area contributed by atoms with Gasteiger partial charge in [-0.1, -0.05) is 12.1 Å². The number of rotatable bonds is 5. The summed E-state index contributed by atoms with van der Waals surface area (Å²) < 4.78 is 0. The van der Waals surface area contributed by atoms with Crippen molar-refractivity contribution in [1.29, 1.82) is 0 Å². The van der Waals surface area contributed by atoms with Gasteiger partial charge in [0.15, 0.2) is 0 Å². The third-order valence-electron chi connectivity index (χ3n) is 4.19. The van der Waals surface area contributed by atoms with E-state index in [1.807, 2.05) is 6.92 Å². The zero-order valence-electron chi connectivity index (χ0n) is 14.0. The molecule has 1 aliphatic heterocycles. The van der Waals surface area contributed by atoms with E-state index in [4.69, 9.17) is 5.73 Å². The number of hydrogen-bond acceptors (Lipinski definition) is 4. The average Bonchev–Trinajstić information content (AvgIpc) is 2.57. The largest absolute Gasteiger partial charge is 0.508 e. The Balaban J connectivity index is 1.76. The average molecular weight is 334 g/mol.